The van der Waals surface area contributed by atoms with Crippen LogP contribution in [0, 0.1) is 0 Å². The van der Waals surface area contributed by atoms with Crippen molar-refractivity contribution in [1.29, 1.82) is 0 Å². The first kappa shape index (κ1) is 22.1. The zero-order valence-electron chi connectivity index (χ0n) is 17.7. The van der Waals surface area contributed by atoms with Crippen LogP contribution in [0.15, 0.2) is 48.5 Å². The van der Waals surface area contributed by atoms with E-state index in [0.717, 1.165) is 30.6 Å². The third-order valence-electron chi connectivity index (χ3n) is 5.01. The van der Waals surface area contributed by atoms with E-state index in [2.05, 4.69) is 29.2 Å². The molecule has 0 saturated heterocycles. The number of aliphatic hydroxyl groups is 1. The average molecular weight is 383 g/mol. The lowest BCUT2D eigenvalue weighted by Crippen LogP contribution is -2.42. The summed E-state index contributed by atoms with van der Waals surface area (Å²) in [5.41, 5.74) is 4.59. The molecule has 2 aromatic carbocycles. The van der Waals surface area contributed by atoms with Crippen molar-refractivity contribution in [1.82, 2.24) is 9.80 Å². The van der Waals surface area contributed by atoms with Crippen LogP contribution in [-0.4, -0.2) is 46.6 Å². The van der Waals surface area contributed by atoms with Gasteiger partial charge in [0.2, 0.25) is 0 Å². The number of fused-ring (bicyclic) bond motifs is 2. The molecule has 0 aliphatic carbocycles. The summed E-state index contributed by atoms with van der Waals surface area (Å²) in [5.74, 6) is 0.0358. The molecule has 2 aromatic rings. The Kier molecular flexibility index (Phi) is 8.68. The summed E-state index contributed by atoms with van der Waals surface area (Å²) in [6.07, 6.45) is 0.505. The van der Waals surface area contributed by atoms with E-state index in [1.807, 2.05) is 52.0 Å². The van der Waals surface area contributed by atoms with Crippen molar-refractivity contribution in [3.8, 4) is 0 Å². The molecule has 28 heavy (non-hydrogen) atoms. The molecule has 0 bridgehead atoms. The molecule has 2 heterocycles. The van der Waals surface area contributed by atoms with Crippen LogP contribution in [0.4, 0.5) is 0 Å². The standard InChI is InChI=1S/C20H22N2O2.2C2H6/c23-18(13-21-10-9-15-5-1-2-6-16(15)11-21)14-22-12-17-7-3-4-8-19(17)20(22)24;2*1-2/h1-8,18,23H,9-14H2;2*1-2H3/t18-;;/m1../s1. The van der Waals surface area contributed by atoms with Gasteiger partial charge in [-0.3, -0.25) is 9.69 Å². The molecular weight excluding hydrogens is 348 g/mol. The van der Waals surface area contributed by atoms with Gasteiger partial charge in [0.05, 0.1) is 6.10 Å². The highest BCUT2D eigenvalue weighted by atomic mass is 16.3. The molecule has 1 atom stereocenters. The molecule has 0 spiro atoms. The molecule has 152 valence electrons. The summed E-state index contributed by atoms with van der Waals surface area (Å²) < 4.78 is 0. The number of amides is 1. The Bertz CT molecular complexity index is 760. The number of aliphatic hydroxyl groups excluding tert-OH is 1. The number of carbonyl (C=O) groups excluding carboxylic acids is 1. The van der Waals surface area contributed by atoms with Crippen molar-refractivity contribution in [3.05, 3.63) is 70.8 Å². The smallest absolute Gasteiger partial charge is 0.254 e. The van der Waals surface area contributed by atoms with Gasteiger partial charge in [-0.05, 0) is 29.2 Å². The first-order valence-electron chi connectivity index (χ1n) is 10.5. The fourth-order valence-corrected chi connectivity index (χ4v) is 3.78. The van der Waals surface area contributed by atoms with Crippen LogP contribution >= 0.6 is 0 Å². The van der Waals surface area contributed by atoms with Crippen molar-refractivity contribution >= 4 is 5.91 Å². The average Bonchev–Trinajstić information content (AvgIpc) is 3.06. The number of carbonyl (C=O) groups is 1. The highest BCUT2D eigenvalue weighted by Gasteiger charge is 2.29. The molecule has 1 amide bonds. The van der Waals surface area contributed by atoms with E-state index >= 15 is 0 Å². The Morgan fingerprint density at radius 2 is 1.46 bits per heavy atom. The molecule has 0 saturated carbocycles. The summed E-state index contributed by atoms with van der Waals surface area (Å²) in [4.78, 5) is 16.4. The molecule has 0 unspecified atom stereocenters. The normalized spacial score (nSPS) is 16.2. The number of benzene rings is 2. The number of rotatable bonds is 4. The van der Waals surface area contributed by atoms with Gasteiger partial charge >= 0.3 is 0 Å². The lowest BCUT2D eigenvalue weighted by atomic mass is 10.00. The number of hydrogen-bond donors (Lipinski definition) is 1. The van der Waals surface area contributed by atoms with Gasteiger partial charge in [0.15, 0.2) is 0 Å². The predicted molar refractivity (Wildman–Crippen MR) is 115 cm³/mol. The van der Waals surface area contributed by atoms with Crippen LogP contribution in [0.3, 0.4) is 0 Å². The molecule has 0 fully saturated rings. The van der Waals surface area contributed by atoms with Crippen molar-refractivity contribution in [2.24, 2.45) is 0 Å². The van der Waals surface area contributed by atoms with Gasteiger partial charge in [0.1, 0.15) is 0 Å². The van der Waals surface area contributed by atoms with E-state index in [9.17, 15) is 9.90 Å². The van der Waals surface area contributed by atoms with E-state index in [-0.39, 0.29) is 5.91 Å². The maximum absolute atomic E-state index is 12.4. The second-order valence-corrected chi connectivity index (χ2v) is 6.75. The second kappa shape index (κ2) is 11.0. The summed E-state index contributed by atoms with van der Waals surface area (Å²) in [5, 5.41) is 10.5. The lowest BCUT2D eigenvalue weighted by Gasteiger charge is -2.31. The topological polar surface area (TPSA) is 43.8 Å². The van der Waals surface area contributed by atoms with E-state index in [1.165, 1.54) is 11.1 Å². The minimum Gasteiger partial charge on any atom is -0.390 e. The predicted octanol–water partition coefficient (Wildman–Crippen LogP) is 4.11. The zero-order valence-corrected chi connectivity index (χ0v) is 17.7. The van der Waals surface area contributed by atoms with E-state index in [4.69, 9.17) is 0 Å². The van der Waals surface area contributed by atoms with Crippen LogP contribution in [0.1, 0.15) is 54.7 Å². The number of nitrogens with zero attached hydrogens (tertiary/aromatic N) is 2. The monoisotopic (exact) mass is 382 g/mol. The Morgan fingerprint density at radius 3 is 2.14 bits per heavy atom. The third kappa shape index (κ3) is 5.21. The van der Waals surface area contributed by atoms with Crippen LogP contribution < -0.4 is 0 Å². The molecule has 4 rings (SSSR count). The van der Waals surface area contributed by atoms with Gasteiger partial charge in [-0.2, -0.15) is 0 Å². The van der Waals surface area contributed by atoms with E-state index < -0.39 is 6.10 Å². The number of β-amino-alcohol motifs (C(OH)–C–C–N with tert-alkyl or cyclic N) is 1. The van der Waals surface area contributed by atoms with Crippen LogP contribution in [0.25, 0.3) is 0 Å². The van der Waals surface area contributed by atoms with Crippen LogP contribution in [-0.2, 0) is 19.5 Å². The van der Waals surface area contributed by atoms with Crippen LogP contribution in [0.2, 0.25) is 0 Å². The molecular formula is C24H34N2O2. The third-order valence-corrected chi connectivity index (χ3v) is 5.01. The maximum atomic E-state index is 12.4. The van der Waals surface area contributed by atoms with Gasteiger partial charge in [-0.15, -0.1) is 0 Å². The summed E-state index contributed by atoms with van der Waals surface area (Å²) in [7, 11) is 0. The minimum absolute atomic E-state index is 0.0358. The van der Waals surface area contributed by atoms with Gasteiger partial charge in [0, 0.05) is 38.3 Å². The lowest BCUT2D eigenvalue weighted by molar-refractivity contribution is 0.0526. The highest BCUT2D eigenvalue weighted by Crippen LogP contribution is 2.23. The summed E-state index contributed by atoms with van der Waals surface area (Å²) in [6.45, 7) is 11.4. The molecule has 2 aliphatic heterocycles. The fraction of sp³-hybridized carbons (Fsp3) is 0.458. The molecule has 4 nitrogen and oxygen atoms in total. The van der Waals surface area contributed by atoms with E-state index in [1.54, 1.807) is 4.90 Å². The maximum Gasteiger partial charge on any atom is 0.254 e. The largest absolute Gasteiger partial charge is 0.390 e. The van der Waals surface area contributed by atoms with Gasteiger partial charge < -0.3 is 10.0 Å². The molecule has 0 aromatic heterocycles. The Hall–Kier alpha value is -2.17. The molecule has 4 heteroatoms. The first-order chi connectivity index (χ1) is 13.7. The van der Waals surface area contributed by atoms with Crippen molar-refractivity contribution in [3.63, 3.8) is 0 Å². The zero-order chi connectivity index (χ0) is 20.5. The molecule has 0 radical (unpaired) electrons. The molecule has 1 N–H and O–H groups in total. The Labute approximate surface area is 169 Å². The summed E-state index contributed by atoms with van der Waals surface area (Å²) >= 11 is 0. The van der Waals surface area contributed by atoms with E-state index in [0.29, 0.717) is 19.6 Å². The quantitative estimate of drug-likeness (QED) is 0.865. The van der Waals surface area contributed by atoms with Crippen molar-refractivity contribution in [2.45, 2.75) is 53.3 Å². The van der Waals surface area contributed by atoms with Gasteiger partial charge in [-0.25, -0.2) is 0 Å². The van der Waals surface area contributed by atoms with Crippen LogP contribution in [0.5, 0.6) is 0 Å². The summed E-state index contributed by atoms with van der Waals surface area (Å²) in [6, 6.07) is 16.2. The first-order valence-corrected chi connectivity index (χ1v) is 10.5. The Morgan fingerprint density at radius 1 is 0.857 bits per heavy atom. The van der Waals surface area contributed by atoms with Gasteiger partial charge in [0.25, 0.3) is 5.91 Å². The van der Waals surface area contributed by atoms with Crippen molar-refractivity contribution in [2.75, 3.05) is 19.6 Å². The Balaban J connectivity index is 0.000000660. The number of hydrogen-bond acceptors (Lipinski definition) is 3. The highest BCUT2D eigenvalue weighted by molar-refractivity contribution is 5.98. The second-order valence-electron chi connectivity index (χ2n) is 6.75. The SMILES string of the molecule is CC.CC.O=C1c2ccccc2CN1C[C@H](O)CN1CCc2ccccc2C1. The fourth-order valence-electron chi connectivity index (χ4n) is 3.78. The molecule has 2 aliphatic rings. The van der Waals surface area contributed by atoms with Crippen molar-refractivity contribution < 1.29 is 9.90 Å². The van der Waals surface area contributed by atoms with Gasteiger partial charge in [-0.1, -0.05) is 70.2 Å². The minimum atomic E-state index is -0.520.